The van der Waals surface area contributed by atoms with E-state index < -0.39 is 5.54 Å². The summed E-state index contributed by atoms with van der Waals surface area (Å²) in [6, 6.07) is 0. The van der Waals surface area contributed by atoms with Gasteiger partial charge in [0.2, 0.25) is 5.91 Å². The van der Waals surface area contributed by atoms with Crippen molar-refractivity contribution >= 4 is 5.91 Å². The lowest BCUT2D eigenvalue weighted by atomic mass is 9.84. The summed E-state index contributed by atoms with van der Waals surface area (Å²) < 4.78 is 0. The van der Waals surface area contributed by atoms with Gasteiger partial charge in [0.25, 0.3) is 0 Å². The largest absolute Gasteiger partial charge is 0.340 e. The maximum Gasteiger partial charge on any atom is 0.221 e. The summed E-state index contributed by atoms with van der Waals surface area (Å²) in [4.78, 5) is 11.7. The molecule has 0 fully saturated rings. The number of hydrogen-bond donors (Lipinski definition) is 1. The molecule has 0 spiro atoms. The lowest BCUT2D eigenvalue weighted by Crippen LogP contribution is -2.42. The molecule has 2 heteroatoms. The molecular weight excluding hydrogens is 198 g/mol. The third-order valence-corrected chi connectivity index (χ3v) is 2.31. The van der Waals surface area contributed by atoms with E-state index in [0.29, 0.717) is 12.3 Å². The number of amides is 1. The van der Waals surface area contributed by atoms with Gasteiger partial charge in [-0.3, -0.25) is 4.79 Å². The van der Waals surface area contributed by atoms with Gasteiger partial charge in [0.15, 0.2) is 0 Å². The van der Waals surface area contributed by atoms with E-state index in [2.05, 4.69) is 38.9 Å². The highest BCUT2D eigenvalue weighted by molar-refractivity contribution is 5.77. The molecule has 0 aromatic rings. The average molecular weight is 223 g/mol. The zero-order valence-electron chi connectivity index (χ0n) is 11.5. The Bertz CT molecular complexity index is 278. The highest BCUT2D eigenvalue weighted by atomic mass is 16.1. The monoisotopic (exact) mass is 223 g/mol. The molecule has 0 radical (unpaired) electrons. The van der Waals surface area contributed by atoms with Crippen LogP contribution in [0.25, 0.3) is 0 Å². The normalized spacial score (nSPS) is 14.1. The first-order valence-corrected chi connectivity index (χ1v) is 5.84. The van der Waals surface area contributed by atoms with E-state index in [1.54, 1.807) is 0 Å². The quantitative estimate of drug-likeness (QED) is 0.729. The van der Waals surface area contributed by atoms with Gasteiger partial charge in [-0.25, -0.2) is 0 Å². The minimum atomic E-state index is -0.543. The maximum atomic E-state index is 11.7. The predicted octanol–water partition coefficient (Wildman–Crippen LogP) is 2.98. The van der Waals surface area contributed by atoms with Crippen LogP contribution in [0.2, 0.25) is 0 Å². The second kappa shape index (κ2) is 5.39. The van der Waals surface area contributed by atoms with Crippen molar-refractivity contribution in [2.45, 2.75) is 59.9 Å². The maximum absolute atomic E-state index is 11.7. The van der Waals surface area contributed by atoms with Crippen molar-refractivity contribution < 1.29 is 4.79 Å². The molecule has 92 valence electrons. The fourth-order valence-corrected chi connectivity index (χ4v) is 1.87. The molecule has 0 aromatic heterocycles. The first-order valence-electron chi connectivity index (χ1n) is 5.84. The third kappa shape index (κ3) is 7.34. The van der Waals surface area contributed by atoms with Crippen LogP contribution in [0.5, 0.6) is 0 Å². The Morgan fingerprint density at radius 3 is 2.19 bits per heavy atom. The number of carbonyl (C=O) groups is 1. The van der Waals surface area contributed by atoms with Gasteiger partial charge in [-0.15, -0.1) is 6.42 Å². The molecule has 0 aliphatic carbocycles. The molecule has 2 nitrogen and oxygen atoms in total. The minimum Gasteiger partial charge on any atom is -0.340 e. The average Bonchev–Trinajstić information content (AvgIpc) is 1.98. The standard InChI is InChI=1S/C14H25NO/c1-8-14(6,7)15-12(16)9-11(2)10-13(3,4)5/h1,11H,9-10H2,2-7H3,(H,15,16). The van der Waals surface area contributed by atoms with Crippen LogP contribution in [0.4, 0.5) is 0 Å². The van der Waals surface area contributed by atoms with E-state index >= 15 is 0 Å². The zero-order chi connectivity index (χ0) is 13.0. The molecule has 0 heterocycles. The van der Waals surface area contributed by atoms with Crippen molar-refractivity contribution in [2.24, 2.45) is 11.3 Å². The van der Waals surface area contributed by atoms with Gasteiger partial charge in [0.05, 0.1) is 5.54 Å². The number of carbonyl (C=O) groups excluding carboxylic acids is 1. The van der Waals surface area contributed by atoms with Crippen LogP contribution in [-0.2, 0) is 4.79 Å². The Morgan fingerprint density at radius 1 is 1.31 bits per heavy atom. The second-order valence-electron chi connectivity index (χ2n) is 6.39. The van der Waals surface area contributed by atoms with Crippen molar-refractivity contribution in [3.63, 3.8) is 0 Å². The van der Waals surface area contributed by atoms with Crippen molar-refractivity contribution in [1.29, 1.82) is 0 Å². The number of rotatable bonds is 4. The first kappa shape index (κ1) is 15.0. The third-order valence-electron chi connectivity index (χ3n) is 2.31. The molecule has 0 aliphatic rings. The molecule has 16 heavy (non-hydrogen) atoms. The molecular formula is C14H25NO. The van der Waals surface area contributed by atoms with Crippen molar-refractivity contribution in [3.05, 3.63) is 0 Å². The van der Waals surface area contributed by atoms with Crippen molar-refractivity contribution in [2.75, 3.05) is 0 Å². The Kier molecular flexibility index (Phi) is 5.06. The zero-order valence-corrected chi connectivity index (χ0v) is 11.5. The van der Waals surface area contributed by atoms with E-state index in [1.165, 1.54) is 0 Å². The number of terminal acetylenes is 1. The smallest absolute Gasteiger partial charge is 0.221 e. The SMILES string of the molecule is C#CC(C)(C)NC(=O)CC(C)CC(C)(C)C. The van der Waals surface area contributed by atoms with Gasteiger partial charge < -0.3 is 5.32 Å². The van der Waals surface area contributed by atoms with Crippen LogP contribution in [0, 0.1) is 23.7 Å². The lowest BCUT2D eigenvalue weighted by Gasteiger charge is -2.25. The van der Waals surface area contributed by atoms with E-state index in [-0.39, 0.29) is 11.3 Å². The van der Waals surface area contributed by atoms with Crippen LogP contribution < -0.4 is 5.32 Å². The predicted molar refractivity (Wildman–Crippen MR) is 68.9 cm³/mol. The van der Waals surface area contributed by atoms with Gasteiger partial charge in [-0.2, -0.15) is 0 Å². The van der Waals surface area contributed by atoms with Gasteiger partial charge in [0, 0.05) is 6.42 Å². The summed E-state index contributed by atoms with van der Waals surface area (Å²) in [6.45, 7) is 12.3. The molecule has 0 aromatic carbocycles. The highest BCUT2D eigenvalue weighted by Crippen LogP contribution is 2.25. The van der Waals surface area contributed by atoms with Crippen LogP contribution in [0.3, 0.4) is 0 Å². The van der Waals surface area contributed by atoms with Gasteiger partial charge in [-0.1, -0.05) is 33.6 Å². The fourth-order valence-electron chi connectivity index (χ4n) is 1.87. The van der Waals surface area contributed by atoms with Gasteiger partial charge in [-0.05, 0) is 31.6 Å². The van der Waals surface area contributed by atoms with Gasteiger partial charge in [0.1, 0.15) is 0 Å². The lowest BCUT2D eigenvalue weighted by molar-refractivity contribution is -0.123. The van der Waals surface area contributed by atoms with Crippen molar-refractivity contribution in [3.8, 4) is 12.3 Å². The van der Waals surface area contributed by atoms with Crippen LogP contribution in [-0.4, -0.2) is 11.4 Å². The van der Waals surface area contributed by atoms with E-state index in [1.807, 2.05) is 13.8 Å². The molecule has 0 saturated heterocycles. The molecule has 1 atom stereocenters. The fraction of sp³-hybridized carbons (Fsp3) is 0.786. The molecule has 0 saturated carbocycles. The summed E-state index contributed by atoms with van der Waals surface area (Å²) >= 11 is 0. The van der Waals surface area contributed by atoms with Crippen LogP contribution in [0.15, 0.2) is 0 Å². The second-order valence-corrected chi connectivity index (χ2v) is 6.39. The van der Waals surface area contributed by atoms with E-state index in [4.69, 9.17) is 6.42 Å². The molecule has 0 bridgehead atoms. The highest BCUT2D eigenvalue weighted by Gasteiger charge is 2.21. The van der Waals surface area contributed by atoms with E-state index in [9.17, 15) is 4.79 Å². The Balaban J connectivity index is 4.13. The molecule has 0 rings (SSSR count). The Morgan fingerprint density at radius 2 is 1.81 bits per heavy atom. The Labute approximate surface area is 100 Å². The van der Waals surface area contributed by atoms with Crippen molar-refractivity contribution in [1.82, 2.24) is 5.32 Å². The van der Waals surface area contributed by atoms with E-state index in [0.717, 1.165) is 6.42 Å². The topological polar surface area (TPSA) is 29.1 Å². The summed E-state index contributed by atoms with van der Waals surface area (Å²) in [5.74, 6) is 2.99. The van der Waals surface area contributed by atoms with Gasteiger partial charge >= 0.3 is 0 Å². The molecule has 1 amide bonds. The van der Waals surface area contributed by atoms with Crippen LogP contribution in [0.1, 0.15) is 54.4 Å². The number of hydrogen-bond acceptors (Lipinski definition) is 1. The summed E-state index contributed by atoms with van der Waals surface area (Å²) in [5, 5.41) is 2.85. The summed E-state index contributed by atoms with van der Waals surface area (Å²) in [7, 11) is 0. The molecule has 1 N–H and O–H groups in total. The molecule has 0 aliphatic heterocycles. The first-order chi connectivity index (χ1) is 7.06. The molecule has 1 unspecified atom stereocenters. The van der Waals surface area contributed by atoms with Crippen LogP contribution >= 0.6 is 0 Å². The summed E-state index contributed by atoms with van der Waals surface area (Å²) in [6.07, 6.45) is 6.91. The Hall–Kier alpha value is -0.970. The summed E-state index contributed by atoms with van der Waals surface area (Å²) in [5.41, 5.74) is -0.278. The number of nitrogens with one attached hydrogen (secondary N) is 1. The minimum absolute atomic E-state index is 0.0414.